The van der Waals surface area contributed by atoms with Gasteiger partial charge >= 0.3 is 0 Å². The number of benzene rings is 1. The van der Waals surface area contributed by atoms with Crippen LogP contribution in [-0.2, 0) is 10.2 Å². The highest BCUT2D eigenvalue weighted by Gasteiger charge is 2.51. The van der Waals surface area contributed by atoms with E-state index >= 15 is 0 Å². The number of ether oxygens (including phenoxy) is 2. The zero-order chi connectivity index (χ0) is 23.3. The summed E-state index contributed by atoms with van der Waals surface area (Å²) in [5, 5.41) is 7.30. The van der Waals surface area contributed by atoms with Crippen molar-refractivity contribution in [2.24, 2.45) is 0 Å². The topological polar surface area (TPSA) is 88.3 Å². The van der Waals surface area contributed by atoms with E-state index in [1.807, 2.05) is 31.2 Å². The van der Waals surface area contributed by atoms with Crippen LogP contribution in [0.25, 0.3) is 11.3 Å². The predicted molar refractivity (Wildman–Crippen MR) is 131 cm³/mol. The smallest absolute Gasteiger partial charge is 0.255 e. The van der Waals surface area contributed by atoms with Gasteiger partial charge in [0, 0.05) is 46.7 Å². The Morgan fingerprint density at radius 2 is 2.21 bits per heavy atom. The van der Waals surface area contributed by atoms with E-state index in [0.717, 1.165) is 66.2 Å². The first-order valence-corrected chi connectivity index (χ1v) is 12.2. The number of carbonyl (C=O) groups excluding carboxylic acids is 1. The van der Waals surface area contributed by atoms with Gasteiger partial charge < -0.3 is 25.1 Å². The van der Waals surface area contributed by atoms with Crippen LogP contribution in [0.4, 0.5) is 11.4 Å². The first-order chi connectivity index (χ1) is 16.6. The number of amides is 1. The minimum atomic E-state index is -0.0758. The molecule has 1 saturated heterocycles. The summed E-state index contributed by atoms with van der Waals surface area (Å²) < 4.78 is 11.9. The number of fused-ring (bicyclic) bond motifs is 2. The van der Waals surface area contributed by atoms with E-state index in [0.29, 0.717) is 29.5 Å². The van der Waals surface area contributed by atoms with Crippen LogP contribution in [0.1, 0.15) is 47.3 Å². The fourth-order valence-corrected chi connectivity index (χ4v) is 5.17. The Morgan fingerprint density at radius 3 is 3.00 bits per heavy atom. The quantitative estimate of drug-likeness (QED) is 0.458. The molecule has 3 N–H and O–H groups in total. The minimum absolute atomic E-state index is 0.0208. The van der Waals surface area contributed by atoms with Gasteiger partial charge in [0.25, 0.3) is 5.91 Å². The maximum absolute atomic E-state index is 13.1. The number of rotatable bonds is 6. The Hall–Kier alpha value is -3.03. The van der Waals surface area contributed by atoms with Crippen molar-refractivity contribution in [3.63, 3.8) is 0 Å². The maximum Gasteiger partial charge on any atom is 0.255 e. The molecule has 1 amide bonds. The molecule has 2 fully saturated rings. The number of pyridine rings is 1. The molecule has 4 heterocycles. The number of hydrogen-bond acceptors (Lipinski definition) is 5. The van der Waals surface area contributed by atoms with Gasteiger partial charge in [0.2, 0.25) is 0 Å². The SMILES string of the molecule is Cc1c(Cl)cccc1Nc1c(-c2ccncc2OC[C@H]2CCCO2)[nH]c2c1C(=O)NCC21CC1. The van der Waals surface area contributed by atoms with Gasteiger partial charge in [0.05, 0.1) is 29.2 Å². The van der Waals surface area contributed by atoms with E-state index in [1.54, 1.807) is 12.4 Å². The molecule has 1 spiro atoms. The van der Waals surface area contributed by atoms with E-state index in [9.17, 15) is 4.79 Å². The van der Waals surface area contributed by atoms with Crippen LogP contribution in [0, 0.1) is 6.92 Å². The van der Waals surface area contributed by atoms with Gasteiger partial charge in [0.1, 0.15) is 12.4 Å². The number of nitrogens with one attached hydrogen (secondary N) is 3. The van der Waals surface area contributed by atoms with Crippen LogP contribution >= 0.6 is 11.6 Å². The third-order valence-electron chi connectivity index (χ3n) is 7.23. The molecule has 34 heavy (non-hydrogen) atoms. The third kappa shape index (κ3) is 3.63. The Morgan fingerprint density at radius 1 is 1.32 bits per heavy atom. The molecule has 1 aliphatic carbocycles. The number of carbonyl (C=O) groups is 1. The lowest BCUT2D eigenvalue weighted by molar-refractivity contribution is 0.0680. The van der Waals surface area contributed by atoms with E-state index in [-0.39, 0.29) is 17.4 Å². The van der Waals surface area contributed by atoms with Gasteiger partial charge in [-0.1, -0.05) is 17.7 Å². The molecule has 1 aromatic carbocycles. The average molecular weight is 479 g/mol. The minimum Gasteiger partial charge on any atom is -0.489 e. The highest BCUT2D eigenvalue weighted by molar-refractivity contribution is 6.31. The van der Waals surface area contributed by atoms with Crippen molar-refractivity contribution in [2.75, 3.05) is 25.1 Å². The van der Waals surface area contributed by atoms with E-state index < -0.39 is 0 Å². The number of hydrogen-bond donors (Lipinski definition) is 3. The first-order valence-electron chi connectivity index (χ1n) is 11.8. The summed E-state index contributed by atoms with van der Waals surface area (Å²) in [4.78, 5) is 21.1. The lowest BCUT2D eigenvalue weighted by Crippen LogP contribution is -2.39. The number of H-pyrrole nitrogens is 1. The van der Waals surface area contributed by atoms with Crippen molar-refractivity contribution in [3.8, 4) is 17.0 Å². The van der Waals surface area contributed by atoms with Crippen LogP contribution in [-0.4, -0.2) is 41.7 Å². The monoisotopic (exact) mass is 478 g/mol. The summed E-state index contributed by atoms with van der Waals surface area (Å²) in [6, 6.07) is 7.66. The molecule has 7 nitrogen and oxygen atoms in total. The largest absolute Gasteiger partial charge is 0.489 e. The van der Waals surface area contributed by atoms with E-state index in [2.05, 4.69) is 20.6 Å². The second-order valence-corrected chi connectivity index (χ2v) is 9.85. The van der Waals surface area contributed by atoms with Crippen LogP contribution in [0.15, 0.2) is 36.7 Å². The van der Waals surface area contributed by atoms with Crippen molar-refractivity contribution in [1.82, 2.24) is 15.3 Å². The molecule has 2 aromatic heterocycles. The molecular formula is C26H27ClN4O3. The first kappa shape index (κ1) is 21.5. The molecule has 1 saturated carbocycles. The lowest BCUT2D eigenvalue weighted by atomic mass is 9.93. The van der Waals surface area contributed by atoms with Crippen molar-refractivity contribution in [3.05, 3.63) is 58.5 Å². The molecule has 0 unspecified atom stereocenters. The molecule has 1 atom stereocenters. The highest BCUT2D eigenvalue weighted by Crippen LogP contribution is 2.54. The average Bonchev–Trinajstić information content (AvgIpc) is 3.25. The normalized spacial score (nSPS) is 20.2. The summed E-state index contributed by atoms with van der Waals surface area (Å²) in [5.74, 6) is 0.584. The van der Waals surface area contributed by atoms with Gasteiger partial charge in [-0.25, -0.2) is 0 Å². The van der Waals surface area contributed by atoms with E-state index in [1.165, 1.54) is 0 Å². The third-order valence-corrected chi connectivity index (χ3v) is 7.64. The number of nitrogens with zero attached hydrogens (tertiary/aromatic N) is 1. The van der Waals surface area contributed by atoms with Gasteiger partial charge in [-0.05, 0) is 56.4 Å². The van der Waals surface area contributed by atoms with Crippen LogP contribution < -0.4 is 15.4 Å². The maximum atomic E-state index is 13.1. The van der Waals surface area contributed by atoms with Gasteiger partial charge in [0.15, 0.2) is 0 Å². The summed E-state index contributed by atoms with van der Waals surface area (Å²) in [7, 11) is 0. The molecule has 176 valence electrons. The van der Waals surface area contributed by atoms with Gasteiger partial charge in [-0.2, -0.15) is 0 Å². The summed E-state index contributed by atoms with van der Waals surface area (Å²) >= 11 is 6.40. The molecule has 8 heteroatoms. The standard InChI is InChI=1S/C26H27ClN4O3/c1-15-18(27)5-2-6-19(15)30-23-21-24(26(8-9-26)14-29-25(21)32)31-22(23)17-7-10-28-12-20(17)34-13-16-4-3-11-33-16/h2,5-7,10,12,16,30-31H,3-4,8-9,11,13-14H2,1H3,(H,29,32)/t16-/m1/s1. The summed E-state index contributed by atoms with van der Waals surface area (Å²) in [5.41, 5.74) is 5.83. The molecule has 3 aliphatic rings. The van der Waals surface area contributed by atoms with Crippen molar-refractivity contribution in [1.29, 1.82) is 0 Å². The number of halogens is 1. The second-order valence-electron chi connectivity index (χ2n) is 9.44. The highest BCUT2D eigenvalue weighted by atomic mass is 35.5. The number of aromatic amines is 1. The Kier molecular flexibility index (Phi) is 5.26. The molecular weight excluding hydrogens is 452 g/mol. The Labute approximate surface area is 203 Å². The van der Waals surface area contributed by atoms with Crippen molar-refractivity contribution >= 4 is 28.9 Å². The fraction of sp³-hybridized carbons (Fsp3) is 0.385. The summed E-state index contributed by atoms with van der Waals surface area (Å²) in [6.07, 6.45) is 7.72. The predicted octanol–water partition coefficient (Wildman–Crippen LogP) is 5.11. The Balaban J connectivity index is 1.46. The van der Waals surface area contributed by atoms with Gasteiger partial charge in [-0.15, -0.1) is 0 Å². The van der Waals surface area contributed by atoms with E-state index in [4.69, 9.17) is 21.1 Å². The lowest BCUT2D eigenvalue weighted by Gasteiger charge is -2.23. The number of anilines is 2. The molecule has 3 aromatic rings. The molecule has 0 bridgehead atoms. The van der Waals surface area contributed by atoms with Gasteiger partial charge in [-0.3, -0.25) is 9.78 Å². The zero-order valence-electron chi connectivity index (χ0n) is 19.0. The van der Waals surface area contributed by atoms with Crippen LogP contribution in [0.5, 0.6) is 5.75 Å². The van der Waals surface area contributed by atoms with Crippen molar-refractivity contribution < 1.29 is 14.3 Å². The number of aromatic nitrogens is 2. The zero-order valence-corrected chi connectivity index (χ0v) is 19.8. The van der Waals surface area contributed by atoms with Crippen LogP contribution in [0.3, 0.4) is 0 Å². The fourth-order valence-electron chi connectivity index (χ4n) is 4.99. The molecule has 2 aliphatic heterocycles. The van der Waals surface area contributed by atoms with Crippen molar-refractivity contribution in [2.45, 2.75) is 44.1 Å². The molecule has 6 rings (SSSR count). The second kappa shape index (κ2) is 8.32. The molecule has 0 radical (unpaired) electrons. The summed E-state index contributed by atoms with van der Waals surface area (Å²) in [6.45, 7) is 3.88. The Bertz CT molecular complexity index is 1260. The van der Waals surface area contributed by atoms with Crippen LogP contribution in [0.2, 0.25) is 5.02 Å².